The Kier molecular flexibility index (Phi) is 3.49. The van der Waals surface area contributed by atoms with Gasteiger partial charge < -0.3 is 10.5 Å². The van der Waals surface area contributed by atoms with Gasteiger partial charge in [-0.15, -0.1) is 0 Å². The van der Waals surface area contributed by atoms with Gasteiger partial charge in [0.1, 0.15) is 5.75 Å². The summed E-state index contributed by atoms with van der Waals surface area (Å²) in [5, 5.41) is 4.04. The predicted octanol–water partition coefficient (Wildman–Crippen LogP) is 2.99. The first-order chi connectivity index (χ1) is 8.06. The van der Waals surface area contributed by atoms with Crippen molar-refractivity contribution in [2.75, 3.05) is 0 Å². The maximum atomic E-state index is 5.84. The molecular formula is C12H14BrN3O. The Morgan fingerprint density at radius 1 is 1.41 bits per heavy atom. The van der Waals surface area contributed by atoms with Gasteiger partial charge in [0.15, 0.2) is 5.75 Å². The summed E-state index contributed by atoms with van der Waals surface area (Å²) >= 11 is 3.49. The summed E-state index contributed by atoms with van der Waals surface area (Å²) < 4.78 is 8.31. The quantitative estimate of drug-likeness (QED) is 0.947. The molecule has 0 aliphatic rings. The highest BCUT2D eigenvalue weighted by Crippen LogP contribution is 2.29. The lowest BCUT2D eigenvalue weighted by Gasteiger charge is -2.10. The third kappa shape index (κ3) is 2.87. The van der Waals surface area contributed by atoms with Crippen molar-refractivity contribution in [1.29, 1.82) is 0 Å². The average molecular weight is 296 g/mol. The van der Waals surface area contributed by atoms with Gasteiger partial charge in [0.25, 0.3) is 0 Å². The zero-order valence-corrected chi connectivity index (χ0v) is 11.3. The van der Waals surface area contributed by atoms with Crippen molar-refractivity contribution in [3.63, 3.8) is 0 Å². The lowest BCUT2D eigenvalue weighted by atomic mass is 10.1. The van der Waals surface area contributed by atoms with Crippen molar-refractivity contribution in [2.45, 2.75) is 13.0 Å². The highest BCUT2D eigenvalue weighted by Gasteiger charge is 2.07. The topological polar surface area (TPSA) is 53.1 Å². The molecule has 0 unspecified atom stereocenters. The monoisotopic (exact) mass is 295 g/mol. The van der Waals surface area contributed by atoms with Gasteiger partial charge in [-0.25, -0.2) is 0 Å². The van der Waals surface area contributed by atoms with Crippen molar-refractivity contribution in [1.82, 2.24) is 9.78 Å². The van der Waals surface area contributed by atoms with Crippen LogP contribution in [0.15, 0.2) is 35.1 Å². The number of hydrogen-bond acceptors (Lipinski definition) is 3. The van der Waals surface area contributed by atoms with E-state index in [1.54, 1.807) is 10.9 Å². The Balaban J connectivity index is 2.20. The molecule has 2 N–H and O–H groups in total. The molecule has 1 heterocycles. The molecule has 0 aliphatic carbocycles. The Bertz CT molecular complexity index is 522. The molecule has 1 aromatic heterocycles. The van der Waals surface area contributed by atoms with Crippen LogP contribution < -0.4 is 10.5 Å². The lowest BCUT2D eigenvalue weighted by molar-refractivity contribution is 0.481. The van der Waals surface area contributed by atoms with Crippen LogP contribution >= 0.6 is 15.9 Å². The summed E-state index contributed by atoms with van der Waals surface area (Å²) in [5.41, 5.74) is 6.90. The van der Waals surface area contributed by atoms with Crippen LogP contribution in [-0.2, 0) is 7.05 Å². The fourth-order valence-corrected chi connectivity index (χ4v) is 2.25. The number of rotatable bonds is 3. The van der Waals surface area contributed by atoms with Gasteiger partial charge in [-0.1, -0.05) is 22.0 Å². The van der Waals surface area contributed by atoms with Crippen LogP contribution in [0, 0.1) is 0 Å². The maximum Gasteiger partial charge on any atom is 0.165 e. The second-order valence-corrected chi connectivity index (χ2v) is 4.78. The number of hydrogen-bond donors (Lipinski definition) is 1. The summed E-state index contributed by atoms with van der Waals surface area (Å²) in [6.45, 7) is 1.95. The largest absolute Gasteiger partial charge is 0.454 e. The molecular weight excluding hydrogens is 282 g/mol. The maximum absolute atomic E-state index is 5.84. The molecule has 17 heavy (non-hydrogen) atoms. The van der Waals surface area contributed by atoms with E-state index in [1.165, 1.54) is 0 Å². The van der Waals surface area contributed by atoms with Crippen molar-refractivity contribution in [2.24, 2.45) is 12.8 Å². The summed E-state index contributed by atoms with van der Waals surface area (Å²) in [4.78, 5) is 0. The van der Waals surface area contributed by atoms with Crippen LogP contribution in [0.5, 0.6) is 11.5 Å². The molecule has 0 saturated carbocycles. The minimum Gasteiger partial charge on any atom is -0.454 e. The number of halogens is 1. The Hall–Kier alpha value is -1.33. The zero-order valence-electron chi connectivity index (χ0n) is 9.72. The summed E-state index contributed by atoms with van der Waals surface area (Å²) in [6.07, 6.45) is 3.49. The minimum absolute atomic E-state index is 0.00295. The van der Waals surface area contributed by atoms with E-state index in [-0.39, 0.29) is 6.04 Å². The fourth-order valence-electron chi connectivity index (χ4n) is 1.53. The molecule has 0 saturated heterocycles. The third-order valence-electron chi connectivity index (χ3n) is 2.38. The highest BCUT2D eigenvalue weighted by molar-refractivity contribution is 9.10. The number of ether oxygens (including phenoxy) is 1. The molecule has 90 valence electrons. The summed E-state index contributed by atoms with van der Waals surface area (Å²) in [5.74, 6) is 1.47. The fraction of sp³-hybridized carbons (Fsp3) is 0.250. The molecule has 0 spiro atoms. The zero-order chi connectivity index (χ0) is 12.4. The predicted molar refractivity (Wildman–Crippen MR) is 70.0 cm³/mol. The van der Waals surface area contributed by atoms with E-state index in [2.05, 4.69) is 21.0 Å². The van der Waals surface area contributed by atoms with E-state index in [4.69, 9.17) is 10.5 Å². The molecule has 0 amide bonds. The molecule has 1 aromatic carbocycles. The molecule has 0 fully saturated rings. The number of aryl methyl sites for hydroxylation is 1. The normalized spacial score (nSPS) is 12.5. The van der Waals surface area contributed by atoms with Crippen LogP contribution in [-0.4, -0.2) is 9.78 Å². The molecule has 0 radical (unpaired) electrons. The van der Waals surface area contributed by atoms with Gasteiger partial charge in [0, 0.05) is 17.6 Å². The average Bonchev–Trinajstić information content (AvgIpc) is 2.63. The molecule has 1 atom stereocenters. The summed E-state index contributed by atoms with van der Waals surface area (Å²) in [7, 11) is 1.85. The molecule has 2 rings (SSSR count). The van der Waals surface area contributed by atoms with Gasteiger partial charge in [0.2, 0.25) is 0 Å². The van der Waals surface area contributed by atoms with Gasteiger partial charge >= 0.3 is 0 Å². The van der Waals surface area contributed by atoms with Crippen molar-refractivity contribution in [3.05, 3.63) is 40.6 Å². The molecule has 0 aliphatic heterocycles. The minimum atomic E-state index is -0.00295. The van der Waals surface area contributed by atoms with E-state index < -0.39 is 0 Å². The Morgan fingerprint density at radius 3 is 2.71 bits per heavy atom. The second-order valence-electron chi connectivity index (χ2n) is 3.92. The van der Waals surface area contributed by atoms with Crippen molar-refractivity contribution >= 4 is 15.9 Å². The van der Waals surface area contributed by atoms with Gasteiger partial charge in [-0.2, -0.15) is 5.10 Å². The van der Waals surface area contributed by atoms with Gasteiger partial charge in [0.05, 0.1) is 12.4 Å². The number of nitrogens with zero attached hydrogens (tertiary/aromatic N) is 2. The SMILES string of the molecule is C[C@H](N)c1ccc(Oc2cnn(C)c2)cc1Br. The molecule has 5 heteroatoms. The third-order valence-corrected chi connectivity index (χ3v) is 3.07. The van der Waals surface area contributed by atoms with Crippen molar-refractivity contribution < 1.29 is 4.74 Å². The molecule has 4 nitrogen and oxygen atoms in total. The van der Waals surface area contributed by atoms with Crippen LogP contribution in [0.4, 0.5) is 0 Å². The lowest BCUT2D eigenvalue weighted by Crippen LogP contribution is -2.05. The summed E-state index contributed by atoms with van der Waals surface area (Å²) in [6, 6.07) is 5.76. The van der Waals surface area contributed by atoms with Crippen LogP contribution in [0.3, 0.4) is 0 Å². The first-order valence-electron chi connectivity index (χ1n) is 5.28. The number of aromatic nitrogens is 2. The second kappa shape index (κ2) is 4.89. The first kappa shape index (κ1) is 12.1. The van der Waals surface area contributed by atoms with E-state index in [1.807, 2.05) is 38.4 Å². The van der Waals surface area contributed by atoms with E-state index >= 15 is 0 Å². The number of nitrogens with two attached hydrogens (primary N) is 1. The van der Waals surface area contributed by atoms with Crippen LogP contribution in [0.2, 0.25) is 0 Å². The standard InChI is InChI=1S/C12H14BrN3O/c1-8(14)11-4-3-9(5-12(11)13)17-10-6-15-16(2)7-10/h3-8H,14H2,1-2H3/t8-/m0/s1. The van der Waals surface area contributed by atoms with Gasteiger partial charge in [-0.05, 0) is 24.6 Å². The van der Waals surface area contributed by atoms with Crippen LogP contribution in [0.25, 0.3) is 0 Å². The Labute approximate surface area is 109 Å². The van der Waals surface area contributed by atoms with E-state index in [0.29, 0.717) is 5.75 Å². The first-order valence-corrected chi connectivity index (χ1v) is 6.07. The Morgan fingerprint density at radius 2 is 2.18 bits per heavy atom. The van der Waals surface area contributed by atoms with Crippen molar-refractivity contribution in [3.8, 4) is 11.5 Å². The van der Waals surface area contributed by atoms with Crippen LogP contribution in [0.1, 0.15) is 18.5 Å². The molecule has 0 bridgehead atoms. The van der Waals surface area contributed by atoms with E-state index in [0.717, 1.165) is 15.8 Å². The van der Waals surface area contributed by atoms with Gasteiger partial charge in [-0.3, -0.25) is 4.68 Å². The smallest absolute Gasteiger partial charge is 0.165 e. The number of benzene rings is 1. The van der Waals surface area contributed by atoms with E-state index in [9.17, 15) is 0 Å². The highest BCUT2D eigenvalue weighted by atomic mass is 79.9. The molecule has 2 aromatic rings.